The number of hydrogen-bond acceptors (Lipinski definition) is 0. The van der Waals surface area contributed by atoms with Crippen molar-refractivity contribution in [3.63, 3.8) is 0 Å². The fraction of sp³-hybridized carbons (Fsp3) is 0.600. The molecule has 0 aromatic carbocycles. The monoisotopic (exact) mass is 136 g/mol. The van der Waals surface area contributed by atoms with E-state index >= 15 is 0 Å². The summed E-state index contributed by atoms with van der Waals surface area (Å²) in [5.41, 5.74) is 0. The molecule has 0 aromatic rings. The normalized spacial score (nSPS) is 29.1. The fourth-order valence-corrected chi connectivity index (χ4v) is 1.25. The first kappa shape index (κ1) is 7.59. The van der Waals surface area contributed by atoms with E-state index in [4.69, 9.17) is 0 Å². The highest BCUT2D eigenvalue weighted by Gasteiger charge is 1.98. The second-order valence-corrected chi connectivity index (χ2v) is 2.88. The molecular formula is C10H16. The van der Waals surface area contributed by atoms with Gasteiger partial charge in [-0.15, -0.1) is 0 Å². The van der Waals surface area contributed by atoms with Gasteiger partial charge in [-0.25, -0.2) is 0 Å². The highest BCUT2D eigenvalue weighted by Crippen LogP contribution is 2.14. The zero-order valence-corrected chi connectivity index (χ0v) is 6.72. The molecule has 10 heavy (non-hydrogen) atoms. The van der Waals surface area contributed by atoms with Crippen molar-refractivity contribution in [1.29, 1.82) is 0 Å². The van der Waals surface area contributed by atoms with Crippen molar-refractivity contribution in [1.82, 2.24) is 0 Å². The van der Waals surface area contributed by atoms with Gasteiger partial charge in [0.25, 0.3) is 0 Å². The lowest BCUT2D eigenvalue weighted by atomic mass is 9.99. The number of allylic oxidation sites excluding steroid dienone is 4. The van der Waals surface area contributed by atoms with Gasteiger partial charge in [0.1, 0.15) is 0 Å². The summed E-state index contributed by atoms with van der Waals surface area (Å²) in [4.78, 5) is 0. The van der Waals surface area contributed by atoms with Crippen molar-refractivity contribution in [3.05, 3.63) is 24.3 Å². The molecule has 1 unspecified atom stereocenters. The Balaban J connectivity index is 2.41. The van der Waals surface area contributed by atoms with Gasteiger partial charge in [-0.2, -0.15) is 0 Å². The van der Waals surface area contributed by atoms with Crippen molar-refractivity contribution in [2.45, 2.75) is 32.6 Å². The summed E-state index contributed by atoms with van der Waals surface area (Å²) in [6.07, 6.45) is 14.3. The maximum Gasteiger partial charge on any atom is -0.0202 e. The fourth-order valence-electron chi connectivity index (χ4n) is 1.25. The van der Waals surface area contributed by atoms with Crippen LogP contribution in [-0.4, -0.2) is 0 Å². The molecule has 56 valence electrons. The van der Waals surface area contributed by atoms with Gasteiger partial charge in [-0.05, 0) is 31.6 Å². The van der Waals surface area contributed by atoms with Crippen LogP contribution in [0.25, 0.3) is 0 Å². The maximum atomic E-state index is 2.36. The Hall–Kier alpha value is -0.520. The Morgan fingerprint density at radius 1 is 1.20 bits per heavy atom. The van der Waals surface area contributed by atoms with Crippen LogP contribution in [0.5, 0.6) is 0 Å². The molecule has 0 heterocycles. The van der Waals surface area contributed by atoms with E-state index in [1.807, 2.05) is 0 Å². The molecule has 0 amide bonds. The van der Waals surface area contributed by atoms with Crippen LogP contribution in [0.2, 0.25) is 0 Å². The smallest absolute Gasteiger partial charge is 0.0202 e. The largest absolute Gasteiger partial charge is 0.0882 e. The van der Waals surface area contributed by atoms with E-state index in [2.05, 4.69) is 31.2 Å². The lowest BCUT2D eigenvalue weighted by molar-refractivity contribution is 0.631. The molecule has 0 heteroatoms. The Kier molecular flexibility index (Phi) is 3.28. The van der Waals surface area contributed by atoms with Gasteiger partial charge in [0.15, 0.2) is 0 Å². The van der Waals surface area contributed by atoms with E-state index in [0.29, 0.717) is 0 Å². The third-order valence-corrected chi connectivity index (χ3v) is 2.04. The van der Waals surface area contributed by atoms with Gasteiger partial charge in [-0.1, -0.05) is 31.2 Å². The third-order valence-electron chi connectivity index (χ3n) is 2.04. The molecule has 1 atom stereocenters. The third kappa shape index (κ3) is 2.38. The van der Waals surface area contributed by atoms with Gasteiger partial charge in [-0.3, -0.25) is 0 Å². The number of hydrogen-bond donors (Lipinski definition) is 0. The van der Waals surface area contributed by atoms with Gasteiger partial charge in [0.2, 0.25) is 0 Å². The van der Waals surface area contributed by atoms with E-state index in [-0.39, 0.29) is 0 Å². The summed E-state index contributed by atoms with van der Waals surface area (Å²) in [6, 6.07) is 0. The first-order chi connectivity index (χ1) is 4.93. The summed E-state index contributed by atoms with van der Waals surface area (Å²) in [6.45, 7) is 2.25. The first-order valence-electron chi connectivity index (χ1n) is 4.25. The van der Waals surface area contributed by atoms with Gasteiger partial charge in [0, 0.05) is 0 Å². The molecule has 0 saturated heterocycles. The van der Waals surface area contributed by atoms with Crippen LogP contribution in [0, 0.1) is 5.92 Å². The molecule has 0 spiro atoms. The van der Waals surface area contributed by atoms with E-state index in [1.165, 1.54) is 25.7 Å². The van der Waals surface area contributed by atoms with E-state index < -0.39 is 0 Å². The number of rotatable bonds is 1. The lowest BCUT2D eigenvalue weighted by Crippen LogP contribution is -1.92. The van der Waals surface area contributed by atoms with Crippen LogP contribution in [0.4, 0.5) is 0 Å². The minimum Gasteiger partial charge on any atom is -0.0882 e. The second kappa shape index (κ2) is 4.32. The summed E-state index contributed by atoms with van der Waals surface area (Å²) >= 11 is 0. The first-order valence-corrected chi connectivity index (χ1v) is 4.25. The van der Waals surface area contributed by atoms with Crippen molar-refractivity contribution in [2.24, 2.45) is 5.92 Å². The molecule has 1 rings (SSSR count). The minimum atomic E-state index is 0.802. The van der Waals surface area contributed by atoms with E-state index in [0.717, 1.165) is 5.92 Å². The van der Waals surface area contributed by atoms with Crippen LogP contribution < -0.4 is 0 Å². The zero-order valence-electron chi connectivity index (χ0n) is 6.72. The molecule has 0 radical (unpaired) electrons. The summed E-state index contributed by atoms with van der Waals surface area (Å²) < 4.78 is 0. The lowest BCUT2D eigenvalue weighted by Gasteiger charge is -2.07. The van der Waals surface area contributed by atoms with E-state index in [1.54, 1.807) is 0 Å². The molecule has 0 aliphatic heterocycles. The van der Waals surface area contributed by atoms with Crippen LogP contribution >= 0.6 is 0 Å². The average Bonchev–Trinajstić information content (AvgIpc) is 1.87. The molecule has 0 N–H and O–H groups in total. The van der Waals surface area contributed by atoms with Crippen LogP contribution in [-0.2, 0) is 0 Å². The Morgan fingerprint density at radius 2 is 2.00 bits per heavy atom. The molecule has 0 fully saturated rings. The molecule has 0 aromatic heterocycles. The predicted molar refractivity (Wildman–Crippen MR) is 45.9 cm³/mol. The predicted octanol–water partition coefficient (Wildman–Crippen LogP) is 3.31. The molecule has 1 aliphatic carbocycles. The summed E-state index contributed by atoms with van der Waals surface area (Å²) in [7, 11) is 0. The van der Waals surface area contributed by atoms with Gasteiger partial charge < -0.3 is 0 Å². The van der Waals surface area contributed by atoms with Crippen molar-refractivity contribution in [2.75, 3.05) is 0 Å². The standard InChI is InChI=1S/C10H16/c1-2-10-8-6-4-3-5-7-9-10/h4,6-7,9-10H,2-3,5,8H2,1H3/b6-4-,9-7?. The molecule has 1 aliphatic rings. The molecule has 0 saturated carbocycles. The van der Waals surface area contributed by atoms with Crippen LogP contribution in [0.15, 0.2) is 24.3 Å². The second-order valence-electron chi connectivity index (χ2n) is 2.88. The highest BCUT2D eigenvalue weighted by molar-refractivity contribution is 4.97. The summed E-state index contributed by atoms with van der Waals surface area (Å²) in [5.74, 6) is 0.802. The van der Waals surface area contributed by atoms with Crippen LogP contribution in [0.1, 0.15) is 32.6 Å². The molecular weight excluding hydrogens is 120 g/mol. The Morgan fingerprint density at radius 3 is 2.80 bits per heavy atom. The SMILES string of the molecule is CCC1C=CCC/C=C\C1. The summed E-state index contributed by atoms with van der Waals surface area (Å²) in [5, 5.41) is 0. The molecule has 0 nitrogen and oxygen atoms in total. The van der Waals surface area contributed by atoms with Gasteiger partial charge in [0.05, 0.1) is 0 Å². The van der Waals surface area contributed by atoms with Crippen molar-refractivity contribution < 1.29 is 0 Å². The average molecular weight is 136 g/mol. The quantitative estimate of drug-likeness (QED) is 0.485. The molecule has 0 bridgehead atoms. The minimum absolute atomic E-state index is 0.802. The maximum absolute atomic E-state index is 2.36. The van der Waals surface area contributed by atoms with Crippen LogP contribution in [0.3, 0.4) is 0 Å². The van der Waals surface area contributed by atoms with Gasteiger partial charge >= 0.3 is 0 Å². The highest BCUT2D eigenvalue weighted by atomic mass is 14.0. The Labute approximate surface area is 63.6 Å². The zero-order chi connectivity index (χ0) is 7.23. The Bertz CT molecular complexity index is 131. The van der Waals surface area contributed by atoms with Crippen molar-refractivity contribution >= 4 is 0 Å². The topological polar surface area (TPSA) is 0 Å². The van der Waals surface area contributed by atoms with Crippen molar-refractivity contribution in [3.8, 4) is 0 Å². The van der Waals surface area contributed by atoms with E-state index in [9.17, 15) is 0 Å².